The number of methoxy groups -OCH3 is 1. The summed E-state index contributed by atoms with van der Waals surface area (Å²) in [6.07, 6.45) is 3.80. The van der Waals surface area contributed by atoms with Gasteiger partial charge in [-0.15, -0.1) is 11.3 Å². The van der Waals surface area contributed by atoms with E-state index in [9.17, 15) is 4.79 Å². The van der Waals surface area contributed by atoms with Gasteiger partial charge in [0.05, 0.1) is 23.1 Å². The number of piperazine rings is 1. The second-order valence-electron chi connectivity index (χ2n) is 9.05. The molecule has 2 saturated heterocycles. The number of ether oxygens (including phenoxy) is 1. The van der Waals surface area contributed by atoms with Gasteiger partial charge in [0.15, 0.2) is 0 Å². The molecule has 0 atom stereocenters. The van der Waals surface area contributed by atoms with Crippen molar-refractivity contribution < 1.29 is 9.53 Å². The Morgan fingerprint density at radius 1 is 1.03 bits per heavy atom. The van der Waals surface area contributed by atoms with Gasteiger partial charge in [0.2, 0.25) is 0 Å². The van der Waals surface area contributed by atoms with Gasteiger partial charge in [-0.25, -0.2) is 9.97 Å². The van der Waals surface area contributed by atoms with E-state index in [0.717, 1.165) is 90.0 Å². The van der Waals surface area contributed by atoms with E-state index in [4.69, 9.17) is 4.74 Å². The summed E-state index contributed by atoms with van der Waals surface area (Å²) < 4.78 is 5.55. The first-order valence-corrected chi connectivity index (χ1v) is 12.5. The minimum absolute atomic E-state index is 0.148. The van der Waals surface area contributed by atoms with Crippen LogP contribution in [0.4, 0.5) is 11.5 Å². The van der Waals surface area contributed by atoms with Crippen molar-refractivity contribution in [3.05, 3.63) is 41.0 Å². The fraction of sp³-hybridized carbons (Fsp3) is 0.480. The normalized spacial score (nSPS) is 17.6. The number of likely N-dealkylation sites (tertiary alicyclic amines) is 1. The van der Waals surface area contributed by atoms with Crippen LogP contribution in [0.3, 0.4) is 0 Å². The number of hydrogen-bond acceptors (Lipinski definition) is 7. The fourth-order valence-corrected chi connectivity index (χ4v) is 6.01. The Morgan fingerprint density at radius 2 is 1.73 bits per heavy atom. The number of aryl methyl sites for hydroxylation is 1. The van der Waals surface area contributed by atoms with Gasteiger partial charge in [-0.05, 0) is 43.4 Å². The standard InChI is InChI=1S/C25H31N5O2S/c1-17-8-10-30(11-9-17)25(31)22-18(2)21-23(26-16-27-24(21)33-22)29-14-12-28(13-15-29)19-6-4-5-7-20(19)32-3/h4-7,16-17H,8-15H2,1-3H3. The maximum absolute atomic E-state index is 13.3. The summed E-state index contributed by atoms with van der Waals surface area (Å²) in [5.74, 6) is 2.69. The molecule has 2 aliphatic heterocycles. The fourth-order valence-electron chi connectivity index (χ4n) is 4.90. The molecule has 0 bridgehead atoms. The first-order chi connectivity index (χ1) is 16.1. The number of aromatic nitrogens is 2. The van der Waals surface area contributed by atoms with Gasteiger partial charge in [-0.2, -0.15) is 0 Å². The van der Waals surface area contributed by atoms with Crippen molar-refractivity contribution in [2.24, 2.45) is 5.92 Å². The molecule has 2 aromatic heterocycles. The molecule has 1 aromatic carbocycles. The van der Waals surface area contributed by atoms with E-state index in [0.29, 0.717) is 5.92 Å². The summed E-state index contributed by atoms with van der Waals surface area (Å²) in [4.78, 5) is 30.9. The summed E-state index contributed by atoms with van der Waals surface area (Å²) in [6, 6.07) is 8.17. The molecule has 4 heterocycles. The van der Waals surface area contributed by atoms with Gasteiger partial charge in [-0.3, -0.25) is 4.79 Å². The third-order valence-electron chi connectivity index (χ3n) is 6.98. The molecule has 0 radical (unpaired) electrons. The Labute approximate surface area is 199 Å². The average molecular weight is 466 g/mol. The molecule has 0 aliphatic carbocycles. The average Bonchev–Trinajstić information content (AvgIpc) is 3.20. The highest BCUT2D eigenvalue weighted by Gasteiger charge is 2.28. The lowest BCUT2D eigenvalue weighted by molar-refractivity contribution is 0.0701. The molecule has 0 unspecified atom stereocenters. The van der Waals surface area contributed by atoms with Crippen LogP contribution < -0.4 is 14.5 Å². The number of para-hydroxylation sites is 2. The van der Waals surface area contributed by atoms with Gasteiger partial charge in [-0.1, -0.05) is 19.1 Å². The number of fused-ring (bicyclic) bond motifs is 1. The van der Waals surface area contributed by atoms with Crippen molar-refractivity contribution in [3.63, 3.8) is 0 Å². The van der Waals surface area contributed by atoms with E-state index in [1.807, 2.05) is 17.0 Å². The topological polar surface area (TPSA) is 61.8 Å². The maximum atomic E-state index is 13.3. The number of thiophene rings is 1. The van der Waals surface area contributed by atoms with Crippen LogP contribution in [0, 0.1) is 12.8 Å². The van der Waals surface area contributed by atoms with Crippen molar-refractivity contribution in [2.45, 2.75) is 26.7 Å². The van der Waals surface area contributed by atoms with Crippen LogP contribution in [0.2, 0.25) is 0 Å². The molecular weight excluding hydrogens is 434 g/mol. The van der Waals surface area contributed by atoms with Gasteiger partial charge in [0.1, 0.15) is 22.7 Å². The molecule has 0 N–H and O–H groups in total. The first kappa shape index (κ1) is 21.9. The Kier molecular flexibility index (Phi) is 6.10. The quantitative estimate of drug-likeness (QED) is 0.575. The third-order valence-corrected chi connectivity index (χ3v) is 8.16. The highest BCUT2D eigenvalue weighted by Crippen LogP contribution is 2.37. The predicted octanol–water partition coefficient (Wildman–Crippen LogP) is 4.21. The summed E-state index contributed by atoms with van der Waals surface area (Å²) in [6.45, 7) is 9.48. The number of amides is 1. The lowest BCUT2D eigenvalue weighted by Gasteiger charge is -2.37. The van der Waals surface area contributed by atoms with E-state index < -0.39 is 0 Å². The lowest BCUT2D eigenvalue weighted by atomic mass is 9.99. The maximum Gasteiger partial charge on any atom is 0.264 e. The molecule has 0 spiro atoms. The lowest BCUT2D eigenvalue weighted by Crippen LogP contribution is -2.47. The molecule has 33 heavy (non-hydrogen) atoms. The number of hydrogen-bond donors (Lipinski definition) is 0. The summed E-state index contributed by atoms with van der Waals surface area (Å²) in [5.41, 5.74) is 2.14. The molecular formula is C25H31N5O2S. The largest absolute Gasteiger partial charge is 0.495 e. The minimum Gasteiger partial charge on any atom is -0.495 e. The molecule has 2 fully saturated rings. The number of nitrogens with zero attached hydrogens (tertiary/aromatic N) is 5. The van der Waals surface area contributed by atoms with Crippen molar-refractivity contribution in [1.29, 1.82) is 0 Å². The van der Waals surface area contributed by atoms with Crippen LogP contribution in [-0.4, -0.2) is 67.2 Å². The number of benzene rings is 1. The van der Waals surface area contributed by atoms with Crippen LogP contribution in [0.15, 0.2) is 30.6 Å². The van der Waals surface area contributed by atoms with E-state index in [2.05, 4.69) is 45.7 Å². The van der Waals surface area contributed by atoms with Gasteiger partial charge in [0.25, 0.3) is 5.91 Å². The number of anilines is 2. The van der Waals surface area contributed by atoms with Gasteiger partial charge < -0.3 is 19.4 Å². The molecule has 1 amide bonds. The molecule has 3 aromatic rings. The van der Waals surface area contributed by atoms with Crippen molar-refractivity contribution in [1.82, 2.24) is 14.9 Å². The second-order valence-corrected chi connectivity index (χ2v) is 10.1. The predicted molar refractivity (Wildman–Crippen MR) is 134 cm³/mol. The zero-order valence-corrected chi connectivity index (χ0v) is 20.4. The number of carbonyl (C=O) groups excluding carboxylic acids is 1. The van der Waals surface area contributed by atoms with E-state index in [-0.39, 0.29) is 5.91 Å². The van der Waals surface area contributed by atoms with Crippen LogP contribution in [0.5, 0.6) is 5.75 Å². The van der Waals surface area contributed by atoms with Crippen molar-refractivity contribution in [3.8, 4) is 5.75 Å². The highest BCUT2D eigenvalue weighted by atomic mass is 32.1. The van der Waals surface area contributed by atoms with Crippen LogP contribution in [0.1, 0.15) is 35.0 Å². The SMILES string of the molecule is COc1ccccc1N1CCN(c2ncnc3sc(C(=O)N4CCC(C)CC4)c(C)c23)CC1. The van der Waals surface area contributed by atoms with Crippen LogP contribution in [0.25, 0.3) is 10.2 Å². The molecule has 0 saturated carbocycles. The van der Waals surface area contributed by atoms with E-state index in [1.165, 1.54) is 11.3 Å². The zero-order chi connectivity index (χ0) is 22.9. The van der Waals surface area contributed by atoms with E-state index in [1.54, 1.807) is 13.4 Å². The minimum atomic E-state index is 0.148. The molecule has 7 nitrogen and oxygen atoms in total. The second kappa shape index (κ2) is 9.17. The highest BCUT2D eigenvalue weighted by molar-refractivity contribution is 7.20. The smallest absolute Gasteiger partial charge is 0.264 e. The third kappa shape index (κ3) is 4.12. The molecule has 5 rings (SSSR count). The Balaban J connectivity index is 1.38. The summed E-state index contributed by atoms with van der Waals surface area (Å²) in [5, 5.41) is 1.03. The van der Waals surface area contributed by atoms with Gasteiger partial charge >= 0.3 is 0 Å². The van der Waals surface area contributed by atoms with Crippen LogP contribution in [-0.2, 0) is 0 Å². The molecule has 8 heteroatoms. The number of piperidine rings is 1. The Morgan fingerprint density at radius 3 is 2.45 bits per heavy atom. The van der Waals surface area contributed by atoms with Crippen LogP contribution >= 0.6 is 11.3 Å². The first-order valence-electron chi connectivity index (χ1n) is 11.7. The summed E-state index contributed by atoms with van der Waals surface area (Å²) >= 11 is 1.51. The Hall–Kier alpha value is -2.87. The number of carbonyl (C=O) groups is 1. The monoisotopic (exact) mass is 465 g/mol. The zero-order valence-electron chi connectivity index (χ0n) is 19.6. The number of rotatable bonds is 4. The molecule has 174 valence electrons. The Bertz CT molecular complexity index is 1150. The van der Waals surface area contributed by atoms with E-state index >= 15 is 0 Å². The van der Waals surface area contributed by atoms with Gasteiger partial charge in [0, 0.05) is 39.3 Å². The summed E-state index contributed by atoms with van der Waals surface area (Å²) in [7, 11) is 1.72. The van der Waals surface area contributed by atoms with Crippen molar-refractivity contribution in [2.75, 3.05) is 56.2 Å². The molecule has 2 aliphatic rings. The van der Waals surface area contributed by atoms with Crippen molar-refractivity contribution >= 4 is 39.0 Å².